The van der Waals surface area contributed by atoms with E-state index < -0.39 is 0 Å². The van der Waals surface area contributed by atoms with Gasteiger partial charge >= 0.3 is 0 Å². The normalized spacial score (nSPS) is 17.8. The molecule has 1 saturated heterocycles. The van der Waals surface area contributed by atoms with E-state index in [0.29, 0.717) is 6.54 Å². The van der Waals surface area contributed by atoms with Crippen molar-refractivity contribution >= 4 is 5.91 Å². The van der Waals surface area contributed by atoms with Crippen LogP contribution in [-0.2, 0) is 4.79 Å². The third-order valence-corrected chi connectivity index (χ3v) is 5.35. The molecule has 3 N–H and O–H groups in total. The van der Waals surface area contributed by atoms with E-state index in [1.165, 1.54) is 11.1 Å². The molecule has 4 heteroatoms. The Morgan fingerprint density at radius 3 is 2.26 bits per heavy atom. The zero-order valence-electron chi connectivity index (χ0n) is 16.0. The lowest BCUT2D eigenvalue weighted by atomic mass is 9.91. The number of hydrogen-bond donors (Lipinski definition) is 2. The predicted octanol–water partition coefficient (Wildman–Crippen LogP) is 3.34. The van der Waals surface area contributed by atoms with E-state index in [0.717, 1.165) is 45.3 Å². The Kier molecular flexibility index (Phi) is 7.43. The summed E-state index contributed by atoms with van der Waals surface area (Å²) in [5, 5.41) is 3.11. The van der Waals surface area contributed by atoms with Crippen molar-refractivity contribution in [3.05, 3.63) is 71.8 Å². The monoisotopic (exact) mass is 365 g/mol. The number of amides is 1. The fourth-order valence-corrected chi connectivity index (χ4v) is 3.96. The summed E-state index contributed by atoms with van der Waals surface area (Å²) >= 11 is 0. The molecule has 2 aromatic carbocycles. The topological polar surface area (TPSA) is 58.4 Å². The van der Waals surface area contributed by atoms with Crippen LogP contribution in [0.25, 0.3) is 0 Å². The molecule has 2 aromatic rings. The number of nitrogens with two attached hydrogens (primary N) is 1. The minimum absolute atomic E-state index is 0.0616. The van der Waals surface area contributed by atoms with Crippen molar-refractivity contribution in [2.75, 3.05) is 26.2 Å². The number of benzene rings is 2. The van der Waals surface area contributed by atoms with Crippen LogP contribution < -0.4 is 11.1 Å². The van der Waals surface area contributed by atoms with Gasteiger partial charge in [-0.1, -0.05) is 60.7 Å². The average molecular weight is 366 g/mol. The summed E-state index contributed by atoms with van der Waals surface area (Å²) < 4.78 is 0. The van der Waals surface area contributed by atoms with Crippen LogP contribution in [0.5, 0.6) is 0 Å². The van der Waals surface area contributed by atoms with Gasteiger partial charge in [-0.3, -0.25) is 9.69 Å². The smallest absolute Gasteiger partial charge is 0.224 e. The fraction of sp³-hybridized carbons (Fsp3) is 0.435. The number of rotatable bonds is 8. The number of nitrogens with one attached hydrogen (secondary N) is 1. The quantitative estimate of drug-likeness (QED) is 0.706. The second-order valence-corrected chi connectivity index (χ2v) is 7.34. The zero-order valence-corrected chi connectivity index (χ0v) is 16.0. The Hall–Kier alpha value is -2.17. The Balaban J connectivity index is 1.72. The fourth-order valence-electron chi connectivity index (χ4n) is 3.96. The predicted molar refractivity (Wildman–Crippen MR) is 110 cm³/mol. The van der Waals surface area contributed by atoms with Gasteiger partial charge in [-0.25, -0.2) is 0 Å². The molecule has 1 fully saturated rings. The van der Waals surface area contributed by atoms with Gasteiger partial charge in [0.15, 0.2) is 0 Å². The molecule has 144 valence electrons. The van der Waals surface area contributed by atoms with Crippen molar-refractivity contribution in [3.8, 4) is 0 Å². The molecule has 0 aliphatic carbocycles. The van der Waals surface area contributed by atoms with Gasteiger partial charge in [0.25, 0.3) is 0 Å². The highest BCUT2D eigenvalue weighted by Gasteiger charge is 2.31. The Bertz CT molecular complexity index is 650. The summed E-state index contributed by atoms with van der Waals surface area (Å²) in [5.41, 5.74) is 8.10. The molecule has 1 atom stereocenters. The van der Waals surface area contributed by atoms with Gasteiger partial charge in [0.05, 0.1) is 12.0 Å². The molecule has 1 amide bonds. The van der Waals surface area contributed by atoms with Crippen molar-refractivity contribution in [3.63, 3.8) is 0 Å². The van der Waals surface area contributed by atoms with E-state index in [2.05, 4.69) is 70.9 Å². The van der Waals surface area contributed by atoms with Crippen molar-refractivity contribution in [2.24, 2.45) is 11.7 Å². The van der Waals surface area contributed by atoms with E-state index in [1.807, 2.05) is 0 Å². The standard InChI is InChI=1S/C23H31N3O/c24-15-7-8-16-25-23(27)21-14-9-17-26(18-21)22(19-10-3-1-4-11-19)20-12-5-2-6-13-20/h1-6,10-13,21-22H,7-9,14-18,24H2,(H,25,27). The third-order valence-electron chi connectivity index (χ3n) is 5.35. The van der Waals surface area contributed by atoms with Gasteiger partial charge in [0.2, 0.25) is 5.91 Å². The van der Waals surface area contributed by atoms with E-state index in [1.54, 1.807) is 0 Å². The third kappa shape index (κ3) is 5.41. The molecule has 0 bridgehead atoms. The summed E-state index contributed by atoms with van der Waals surface area (Å²) in [6, 6.07) is 21.4. The molecule has 0 spiro atoms. The molecule has 3 rings (SSSR count). The minimum Gasteiger partial charge on any atom is -0.356 e. The first kappa shape index (κ1) is 19.6. The van der Waals surface area contributed by atoms with Crippen LogP contribution in [0.4, 0.5) is 0 Å². The molecule has 1 aliphatic heterocycles. The van der Waals surface area contributed by atoms with Gasteiger partial charge < -0.3 is 11.1 Å². The van der Waals surface area contributed by atoms with Crippen molar-refractivity contribution in [1.29, 1.82) is 0 Å². The van der Waals surface area contributed by atoms with E-state index in [9.17, 15) is 4.79 Å². The first-order valence-corrected chi connectivity index (χ1v) is 10.1. The number of likely N-dealkylation sites (tertiary alicyclic amines) is 1. The van der Waals surface area contributed by atoms with Crippen LogP contribution in [0.1, 0.15) is 42.9 Å². The van der Waals surface area contributed by atoms with Crippen molar-refractivity contribution in [1.82, 2.24) is 10.2 Å². The summed E-state index contributed by atoms with van der Waals surface area (Å²) in [5.74, 6) is 0.253. The molecule has 1 heterocycles. The average Bonchev–Trinajstić information content (AvgIpc) is 2.73. The number of carbonyl (C=O) groups excluding carboxylic acids is 1. The van der Waals surface area contributed by atoms with E-state index in [4.69, 9.17) is 5.73 Å². The molecule has 1 aliphatic rings. The highest BCUT2D eigenvalue weighted by Crippen LogP contribution is 2.32. The minimum atomic E-state index is 0.0616. The number of hydrogen-bond acceptors (Lipinski definition) is 3. The number of carbonyl (C=O) groups is 1. The van der Waals surface area contributed by atoms with Crippen molar-refractivity contribution in [2.45, 2.75) is 31.7 Å². The van der Waals surface area contributed by atoms with Gasteiger partial charge in [-0.15, -0.1) is 0 Å². The lowest BCUT2D eigenvalue weighted by molar-refractivity contribution is -0.126. The van der Waals surface area contributed by atoms with Gasteiger partial charge in [-0.05, 0) is 49.9 Å². The summed E-state index contributed by atoms with van der Waals surface area (Å²) in [6.07, 6.45) is 3.93. The van der Waals surface area contributed by atoms with Gasteiger partial charge in [0.1, 0.15) is 0 Å². The Morgan fingerprint density at radius 2 is 1.67 bits per heavy atom. The molecule has 4 nitrogen and oxygen atoms in total. The highest BCUT2D eigenvalue weighted by molar-refractivity contribution is 5.78. The summed E-state index contributed by atoms with van der Waals surface area (Å²) in [6.45, 7) is 3.23. The zero-order chi connectivity index (χ0) is 18.9. The number of unbranched alkanes of at least 4 members (excludes halogenated alkanes) is 1. The van der Waals surface area contributed by atoms with E-state index in [-0.39, 0.29) is 17.9 Å². The Labute approximate surface area is 162 Å². The molecule has 1 unspecified atom stereocenters. The lowest BCUT2D eigenvalue weighted by Crippen LogP contribution is -2.44. The van der Waals surface area contributed by atoms with Crippen LogP contribution >= 0.6 is 0 Å². The van der Waals surface area contributed by atoms with Crippen molar-refractivity contribution < 1.29 is 4.79 Å². The highest BCUT2D eigenvalue weighted by atomic mass is 16.1. The summed E-state index contributed by atoms with van der Waals surface area (Å²) in [4.78, 5) is 15.1. The molecule has 0 aromatic heterocycles. The second kappa shape index (κ2) is 10.2. The van der Waals surface area contributed by atoms with Crippen LogP contribution in [-0.4, -0.2) is 37.0 Å². The summed E-state index contributed by atoms with van der Waals surface area (Å²) in [7, 11) is 0. The number of piperidine rings is 1. The maximum atomic E-state index is 12.6. The maximum absolute atomic E-state index is 12.6. The van der Waals surface area contributed by atoms with Gasteiger partial charge in [-0.2, -0.15) is 0 Å². The van der Waals surface area contributed by atoms with Crippen LogP contribution in [0.2, 0.25) is 0 Å². The first-order chi connectivity index (χ1) is 13.3. The first-order valence-electron chi connectivity index (χ1n) is 10.1. The van der Waals surface area contributed by atoms with Crippen LogP contribution in [0.3, 0.4) is 0 Å². The molecular weight excluding hydrogens is 334 g/mol. The molecule has 27 heavy (non-hydrogen) atoms. The van der Waals surface area contributed by atoms with Gasteiger partial charge in [0, 0.05) is 13.1 Å². The largest absolute Gasteiger partial charge is 0.356 e. The van der Waals surface area contributed by atoms with Crippen LogP contribution in [0.15, 0.2) is 60.7 Å². The Morgan fingerprint density at radius 1 is 1.04 bits per heavy atom. The van der Waals surface area contributed by atoms with E-state index >= 15 is 0 Å². The van der Waals surface area contributed by atoms with Crippen LogP contribution in [0, 0.1) is 5.92 Å². The maximum Gasteiger partial charge on any atom is 0.224 e. The SMILES string of the molecule is NCCCCNC(=O)C1CCCN(C(c2ccccc2)c2ccccc2)C1. The molecular formula is C23H31N3O. The number of nitrogens with zero attached hydrogens (tertiary/aromatic N) is 1. The molecule has 0 saturated carbocycles. The lowest BCUT2D eigenvalue weighted by Gasteiger charge is -2.38. The molecule has 0 radical (unpaired) electrons. The second-order valence-electron chi connectivity index (χ2n) is 7.34.